The predicted octanol–water partition coefficient (Wildman–Crippen LogP) is 1.21. The van der Waals surface area contributed by atoms with E-state index in [-0.39, 0.29) is 22.3 Å². The zero-order valence-corrected chi connectivity index (χ0v) is 9.47. The van der Waals surface area contributed by atoms with E-state index in [0.717, 1.165) is 4.57 Å². The molecular formula is C13H9NO4. The molecule has 0 bridgehead atoms. The van der Waals surface area contributed by atoms with Gasteiger partial charge in [0.05, 0.1) is 11.1 Å². The number of carbonyl (C=O) groups is 2. The third kappa shape index (κ3) is 1.05. The van der Waals surface area contributed by atoms with Crippen LogP contribution in [0.25, 0.3) is 0 Å². The van der Waals surface area contributed by atoms with Crippen molar-refractivity contribution >= 4 is 11.6 Å². The summed E-state index contributed by atoms with van der Waals surface area (Å²) < 4.78 is 1.02. The molecule has 1 aliphatic carbocycles. The fraction of sp³-hybridized carbons (Fsp3) is 0.0769. The lowest BCUT2D eigenvalue weighted by Crippen LogP contribution is -2.19. The van der Waals surface area contributed by atoms with Gasteiger partial charge in [0, 0.05) is 18.2 Å². The van der Waals surface area contributed by atoms with E-state index in [1.165, 1.54) is 19.2 Å². The molecule has 18 heavy (non-hydrogen) atoms. The van der Waals surface area contributed by atoms with Gasteiger partial charge in [0.25, 0.3) is 0 Å². The second-order valence-corrected chi connectivity index (χ2v) is 4.16. The minimum atomic E-state index is -0.450. The highest BCUT2D eigenvalue weighted by atomic mass is 16.3. The first-order valence-corrected chi connectivity index (χ1v) is 5.33. The van der Waals surface area contributed by atoms with Crippen LogP contribution in [0.3, 0.4) is 0 Å². The van der Waals surface area contributed by atoms with Crippen LogP contribution in [-0.4, -0.2) is 26.3 Å². The van der Waals surface area contributed by atoms with Gasteiger partial charge in [-0.2, -0.15) is 0 Å². The quantitative estimate of drug-likeness (QED) is 0.622. The number of carbonyl (C=O) groups excluding carboxylic acids is 2. The van der Waals surface area contributed by atoms with Crippen molar-refractivity contribution in [3.8, 4) is 11.8 Å². The number of aromatic nitrogens is 1. The lowest BCUT2D eigenvalue weighted by molar-refractivity contribution is 0.0976. The highest BCUT2D eigenvalue weighted by molar-refractivity contribution is 6.30. The third-order valence-corrected chi connectivity index (χ3v) is 3.20. The molecule has 2 aromatic rings. The topological polar surface area (TPSA) is 79.5 Å². The van der Waals surface area contributed by atoms with E-state index in [1.807, 2.05) is 0 Å². The zero-order valence-electron chi connectivity index (χ0n) is 9.47. The summed E-state index contributed by atoms with van der Waals surface area (Å²) in [5.74, 6) is -1.69. The van der Waals surface area contributed by atoms with Crippen molar-refractivity contribution in [1.82, 2.24) is 4.57 Å². The molecule has 1 aromatic heterocycles. The molecule has 1 heterocycles. The first kappa shape index (κ1) is 10.6. The maximum Gasteiger partial charge on any atom is 0.205 e. The fourth-order valence-corrected chi connectivity index (χ4v) is 2.24. The number of aromatic hydroxyl groups is 2. The molecule has 0 amide bonds. The number of rotatable bonds is 0. The summed E-state index contributed by atoms with van der Waals surface area (Å²) in [6.45, 7) is 0. The van der Waals surface area contributed by atoms with Crippen LogP contribution in [0.1, 0.15) is 31.8 Å². The second kappa shape index (κ2) is 3.22. The molecule has 1 aromatic carbocycles. The summed E-state index contributed by atoms with van der Waals surface area (Å²) >= 11 is 0. The zero-order chi connectivity index (χ0) is 13.0. The maximum absolute atomic E-state index is 12.2. The number of fused-ring (bicyclic) bond motifs is 2. The van der Waals surface area contributed by atoms with Gasteiger partial charge in [-0.05, 0) is 0 Å². The molecule has 0 atom stereocenters. The van der Waals surface area contributed by atoms with Crippen LogP contribution in [0.4, 0.5) is 0 Å². The van der Waals surface area contributed by atoms with Gasteiger partial charge < -0.3 is 10.2 Å². The van der Waals surface area contributed by atoms with Gasteiger partial charge in [-0.25, -0.2) is 0 Å². The van der Waals surface area contributed by atoms with Gasteiger partial charge >= 0.3 is 0 Å². The van der Waals surface area contributed by atoms with Gasteiger partial charge in [-0.3, -0.25) is 14.2 Å². The van der Waals surface area contributed by atoms with Crippen LogP contribution in [0.15, 0.2) is 24.3 Å². The number of ketones is 2. The first-order chi connectivity index (χ1) is 8.54. The molecule has 0 unspecified atom stereocenters. The summed E-state index contributed by atoms with van der Waals surface area (Å²) in [7, 11) is 1.38. The molecule has 0 saturated carbocycles. The van der Waals surface area contributed by atoms with Crippen LogP contribution in [-0.2, 0) is 7.05 Å². The average molecular weight is 243 g/mol. The van der Waals surface area contributed by atoms with E-state index >= 15 is 0 Å². The standard InChI is InChI=1S/C13H9NO4/c1-14-12(17)8-9(13(14)18)11(16)7-5-3-2-4-6(7)10(8)15/h2-5,17-18H,1H3. The minimum absolute atomic E-state index is 0.126. The number of benzene rings is 1. The molecule has 1 aliphatic rings. The average Bonchev–Trinajstić information content (AvgIpc) is 2.61. The highest BCUT2D eigenvalue weighted by Crippen LogP contribution is 2.39. The molecule has 0 fully saturated rings. The van der Waals surface area contributed by atoms with Gasteiger partial charge in [-0.15, -0.1) is 0 Å². The number of nitrogens with zero attached hydrogens (tertiary/aromatic N) is 1. The molecule has 3 rings (SSSR count). The van der Waals surface area contributed by atoms with Crippen molar-refractivity contribution in [3.63, 3.8) is 0 Å². The van der Waals surface area contributed by atoms with E-state index in [1.54, 1.807) is 12.1 Å². The molecule has 90 valence electrons. The second-order valence-electron chi connectivity index (χ2n) is 4.16. The van der Waals surface area contributed by atoms with Crippen molar-refractivity contribution in [2.75, 3.05) is 0 Å². The number of hydrogen-bond donors (Lipinski definition) is 2. The molecule has 2 N–H and O–H groups in total. The molecule has 5 nitrogen and oxygen atoms in total. The Morgan fingerprint density at radius 2 is 1.28 bits per heavy atom. The molecule has 5 heteroatoms. The summed E-state index contributed by atoms with van der Waals surface area (Å²) in [6, 6.07) is 6.35. The molecule has 0 radical (unpaired) electrons. The smallest absolute Gasteiger partial charge is 0.205 e. The SMILES string of the molecule is Cn1c(O)c2c(c1O)C(=O)c1ccccc1C2=O. The van der Waals surface area contributed by atoms with Gasteiger partial charge in [0.15, 0.2) is 11.6 Å². The van der Waals surface area contributed by atoms with E-state index in [2.05, 4.69) is 0 Å². The van der Waals surface area contributed by atoms with Gasteiger partial charge in [0.2, 0.25) is 11.8 Å². The normalized spacial score (nSPS) is 13.4. The lowest BCUT2D eigenvalue weighted by atomic mass is 9.86. The summed E-state index contributed by atoms with van der Waals surface area (Å²) in [5, 5.41) is 19.6. The van der Waals surface area contributed by atoms with Crippen molar-refractivity contribution in [2.24, 2.45) is 7.05 Å². The molecule has 0 saturated heterocycles. The Kier molecular flexibility index (Phi) is 1.90. The van der Waals surface area contributed by atoms with Crippen LogP contribution < -0.4 is 0 Å². The largest absolute Gasteiger partial charge is 0.494 e. The third-order valence-electron chi connectivity index (χ3n) is 3.20. The van der Waals surface area contributed by atoms with Crippen LogP contribution in [0.2, 0.25) is 0 Å². The minimum Gasteiger partial charge on any atom is -0.494 e. The van der Waals surface area contributed by atoms with Gasteiger partial charge in [-0.1, -0.05) is 24.3 Å². The number of hydrogen-bond acceptors (Lipinski definition) is 4. The summed E-state index contributed by atoms with van der Waals surface area (Å²) in [5.41, 5.74) is 0.240. The van der Waals surface area contributed by atoms with Crippen molar-refractivity contribution in [1.29, 1.82) is 0 Å². The summed E-state index contributed by atoms with van der Waals surface area (Å²) in [6.07, 6.45) is 0. The van der Waals surface area contributed by atoms with Crippen LogP contribution >= 0.6 is 0 Å². The highest BCUT2D eigenvalue weighted by Gasteiger charge is 2.37. The summed E-state index contributed by atoms with van der Waals surface area (Å²) in [4.78, 5) is 24.4. The Labute approximate surface area is 102 Å². The maximum atomic E-state index is 12.2. The lowest BCUT2D eigenvalue weighted by Gasteiger charge is -2.13. The van der Waals surface area contributed by atoms with E-state index in [0.29, 0.717) is 0 Å². The molecular weight excluding hydrogens is 234 g/mol. The Balaban J connectivity index is 2.41. The Morgan fingerprint density at radius 1 is 0.889 bits per heavy atom. The first-order valence-electron chi connectivity index (χ1n) is 5.33. The van der Waals surface area contributed by atoms with Gasteiger partial charge in [0.1, 0.15) is 0 Å². The molecule has 0 aliphatic heterocycles. The van der Waals surface area contributed by atoms with Crippen molar-refractivity contribution in [2.45, 2.75) is 0 Å². The van der Waals surface area contributed by atoms with Crippen LogP contribution in [0, 0.1) is 0 Å². The Hall–Kier alpha value is -2.56. The Bertz CT molecular complexity index is 654. The monoisotopic (exact) mass is 243 g/mol. The van der Waals surface area contributed by atoms with Crippen LogP contribution in [0.5, 0.6) is 11.8 Å². The van der Waals surface area contributed by atoms with E-state index in [9.17, 15) is 19.8 Å². The predicted molar refractivity (Wildman–Crippen MR) is 62.0 cm³/mol. The fourth-order valence-electron chi connectivity index (χ4n) is 2.24. The molecule has 0 spiro atoms. The van der Waals surface area contributed by atoms with Crippen molar-refractivity contribution in [3.05, 3.63) is 46.5 Å². The van der Waals surface area contributed by atoms with E-state index < -0.39 is 23.3 Å². The van der Waals surface area contributed by atoms with E-state index in [4.69, 9.17) is 0 Å². The van der Waals surface area contributed by atoms with Crippen molar-refractivity contribution < 1.29 is 19.8 Å². The Morgan fingerprint density at radius 3 is 1.67 bits per heavy atom.